The molecule has 8 nitrogen and oxygen atoms in total. The van der Waals surface area contributed by atoms with Crippen LogP contribution in [0.4, 0.5) is 5.69 Å². The minimum Gasteiger partial charge on any atom is -0.271 e. The Hall–Kier alpha value is -2.73. The van der Waals surface area contributed by atoms with E-state index in [-0.39, 0.29) is 0 Å². The summed E-state index contributed by atoms with van der Waals surface area (Å²) >= 11 is 1.30. The lowest BCUT2D eigenvalue weighted by Crippen LogP contribution is -2.26. The third kappa shape index (κ3) is 2.82. The van der Waals surface area contributed by atoms with Crippen molar-refractivity contribution in [3.8, 4) is 11.9 Å². The van der Waals surface area contributed by atoms with Gasteiger partial charge in [-0.3, -0.25) is 5.32 Å². The van der Waals surface area contributed by atoms with E-state index in [1.165, 1.54) is 35.2 Å². The molecular weight excluding hydrogens is 304 g/mol. The van der Waals surface area contributed by atoms with Crippen molar-refractivity contribution < 1.29 is 0 Å². The molecular formula is C13H14N6O2S. The van der Waals surface area contributed by atoms with E-state index in [9.17, 15) is 9.59 Å². The molecule has 0 fully saturated rings. The highest BCUT2D eigenvalue weighted by Gasteiger charge is 2.11. The molecule has 22 heavy (non-hydrogen) atoms. The fourth-order valence-corrected chi connectivity index (χ4v) is 2.16. The monoisotopic (exact) mass is 318 g/mol. The second-order valence-electron chi connectivity index (χ2n) is 4.32. The van der Waals surface area contributed by atoms with Crippen LogP contribution in [0.5, 0.6) is 0 Å². The maximum atomic E-state index is 12.0. The van der Waals surface area contributed by atoms with E-state index < -0.39 is 11.4 Å². The number of benzene rings is 1. The zero-order chi connectivity index (χ0) is 16.3. The largest absolute Gasteiger partial charge is 0.351 e. The third-order valence-electron chi connectivity index (χ3n) is 3.08. The summed E-state index contributed by atoms with van der Waals surface area (Å²) in [5.41, 5.74) is 0.236. The van der Waals surface area contributed by atoms with Crippen LogP contribution < -0.4 is 16.7 Å². The van der Waals surface area contributed by atoms with Gasteiger partial charge in [-0.25, -0.2) is 28.5 Å². The predicted molar refractivity (Wildman–Crippen MR) is 85.6 cm³/mol. The summed E-state index contributed by atoms with van der Waals surface area (Å²) in [6.07, 6.45) is 3.60. The number of nitrogens with one attached hydrogen (secondary N) is 1. The molecule has 114 valence electrons. The summed E-state index contributed by atoms with van der Waals surface area (Å²) in [7, 11) is 3.05. The van der Waals surface area contributed by atoms with Crippen molar-refractivity contribution in [2.75, 3.05) is 6.26 Å². The highest BCUT2D eigenvalue weighted by atomic mass is 32.2. The van der Waals surface area contributed by atoms with Crippen molar-refractivity contribution in [3.05, 3.63) is 45.2 Å². The zero-order valence-electron chi connectivity index (χ0n) is 12.3. The van der Waals surface area contributed by atoms with E-state index in [0.29, 0.717) is 16.5 Å². The number of rotatable bonds is 2. The molecule has 0 amide bonds. The number of amidine groups is 1. The average Bonchev–Trinajstić information content (AvgIpc) is 2.71. The molecule has 0 bridgehead atoms. The SMILES string of the molecule is CSC(=Nc1ccc(-n2c(=O)n(C)n(C)c2=O)cc1)NC#N. The molecule has 0 radical (unpaired) electrons. The Balaban J connectivity index is 2.43. The molecule has 0 aliphatic rings. The molecule has 0 aliphatic carbocycles. The van der Waals surface area contributed by atoms with Gasteiger partial charge in [-0.15, -0.1) is 0 Å². The van der Waals surface area contributed by atoms with Crippen molar-refractivity contribution >= 4 is 22.6 Å². The number of hydrogen-bond donors (Lipinski definition) is 1. The summed E-state index contributed by atoms with van der Waals surface area (Å²) in [6, 6.07) is 6.60. The Morgan fingerprint density at radius 1 is 1.18 bits per heavy atom. The zero-order valence-corrected chi connectivity index (χ0v) is 13.1. The van der Waals surface area contributed by atoms with E-state index in [2.05, 4.69) is 10.3 Å². The highest BCUT2D eigenvalue weighted by molar-refractivity contribution is 8.13. The minimum atomic E-state index is -0.417. The van der Waals surface area contributed by atoms with Crippen LogP contribution in [0.1, 0.15) is 0 Å². The number of aliphatic imine (C=N–C) groups is 1. The lowest BCUT2D eigenvalue weighted by Gasteiger charge is -2.02. The van der Waals surface area contributed by atoms with Crippen molar-refractivity contribution in [1.82, 2.24) is 19.2 Å². The summed E-state index contributed by atoms with van der Waals surface area (Å²) in [4.78, 5) is 28.3. The second-order valence-corrected chi connectivity index (χ2v) is 5.12. The van der Waals surface area contributed by atoms with E-state index >= 15 is 0 Å². The molecule has 9 heteroatoms. The Kier molecular flexibility index (Phi) is 4.53. The summed E-state index contributed by atoms with van der Waals surface area (Å²) in [6.45, 7) is 0. The molecule has 0 saturated carbocycles. The van der Waals surface area contributed by atoms with Crippen molar-refractivity contribution in [1.29, 1.82) is 5.26 Å². The molecule has 1 aromatic carbocycles. The molecule has 0 spiro atoms. The fourth-order valence-electron chi connectivity index (χ4n) is 1.81. The Labute approximate surface area is 130 Å². The molecule has 1 heterocycles. The first-order valence-electron chi connectivity index (χ1n) is 6.23. The van der Waals surface area contributed by atoms with Crippen molar-refractivity contribution in [2.45, 2.75) is 0 Å². The van der Waals surface area contributed by atoms with Gasteiger partial charge in [0.15, 0.2) is 11.4 Å². The Morgan fingerprint density at radius 2 is 1.73 bits per heavy atom. The quantitative estimate of drug-likeness (QED) is 0.372. The lowest BCUT2D eigenvalue weighted by molar-refractivity contribution is 0.565. The molecule has 0 aliphatic heterocycles. The van der Waals surface area contributed by atoms with Crippen LogP contribution in [0.3, 0.4) is 0 Å². The Bertz CT molecular complexity index is 832. The van der Waals surface area contributed by atoms with Gasteiger partial charge in [-0.1, -0.05) is 11.8 Å². The van der Waals surface area contributed by atoms with E-state index in [4.69, 9.17) is 5.26 Å². The summed E-state index contributed by atoms with van der Waals surface area (Å²) < 4.78 is 3.55. The van der Waals surface area contributed by atoms with Crippen molar-refractivity contribution in [2.24, 2.45) is 19.1 Å². The smallest absolute Gasteiger partial charge is 0.271 e. The van der Waals surface area contributed by atoms with E-state index in [1.54, 1.807) is 36.7 Å². The van der Waals surface area contributed by atoms with Gasteiger partial charge in [0.2, 0.25) is 0 Å². The molecule has 1 N–H and O–H groups in total. The van der Waals surface area contributed by atoms with Gasteiger partial charge in [-0.2, -0.15) is 5.26 Å². The number of nitrogens with zero attached hydrogens (tertiary/aromatic N) is 5. The second kappa shape index (κ2) is 6.36. The van der Waals surface area contributed by atoms with Gasteiger partial charge in [0.1, 0.15) is 0 Å². The molecule has 0 unspecified atom stereocenters. The number of thioether (sulfide) groups is 1. The molecule has 2 rings (SSSR count). The van der Waals surface area contributed by atoms with Crippen LogP contribution in [0.25, 0.3) is 5.69 Å². The van der Waals surface area contributed by atoms with E-state index in [1.807, 2.05) is 0 Å². The van der Waals surface area contributed by atoms with Crippen molar-refractivity contribution in [3.63, 3.8) is 0 Å². The van der Waals surface area contributed by atoms with Crippen LogP contribution in [-0.4, -0.2) is 25.4 Å². The molecule has 0 atom stereocenters. The van der Waals surface area contributed by atoms with Gasteiger partial charge < -0.3 is 0 Å². The first-order chi connectivity index (χ1) is 10.5. The third-order valence-corrected chi connectivity index (χ3v) is 3.66. The average molecular weight is 318 g/mol. The summed E-state index contributed by atoms with van der Waals surface area (Å²) in [5, 5.41) is 11.5. The van der Waals surface area contributed by atoms with Crippen LogP contribution in [0.2, 0.25) is 0 Å². The minimum absolute atomic E-state index is 0.417. The van der Waals surface area contributed by atoms with Crippen LogP contribution >= 0.6 is 11.8 Å². The topological polar surface area (TPSA) is 97.1 Å². The first-order valence-corrected chi connectivity index (χ1v) is 7.45. The maximum Gasteiger partial charge on any atom is 0.351 e. The standard InChI is InChI=1S/C13H14N6O2S/c1-17-12(20)19(13(21)18(17)2)10-6-4-9(5-7-10)16-11(22-3)15-8-14/h4-7H,1-3H3,(H,15,16). The van der Waals surface area contributed by atoms with Gasteiger partial charge in [0.25, 0.3) is 0 Å². The van der Waals surface area contributed by atoms with Gasteiger partial charge >= 0.3 is 11.4 Å². The highest BCUT2D eigenvalue weighted by Crippen LogP contribution is 2.16. The van der Waals surface area contributed by atoms with Gasteiger partial charge in [0.05, 0.1) is 11.4 Å². The Morgan fingerprint density at radius 3 is 2.18 bits per heavy atom. The summed E-state index contributed by atoms with van der Waals surface area (Å²) in [5.74, 6) is 0. The number of hydrogen-bond acceptors (Lipinski definition) is 5. The maximum absolute atomic E-state index is 12.0. The number of nitriles is 1. The normalized spacial score (nSPS) is 11.3. The van der Waals surface area contributed by atoms with Crippen LogP contribution in [0, 0.1) is 11.5 Å². The first kappa shape index (κ1) is 15.7. The molecule has 2 aromatic rings. The van der Waals surface area contributed by atoms with E-state index in [0.717, 1.165) is 4.57 Å². The number of aromatic nitrogens is 3. The lowest BCUT2D eigenvalue weighted by atomic mass is 10.3. The fraction of sp³-hybridized carbons (Fsp3) is 0.231. The molecule has 0 saturated heterocycles. The van der Waals surface area contributed by atoms with Gasteiger partial charge in [-0.05, 0) is 30.5 Å². The predicted octanol–water partition coefficient (Wildman–Crippen LogP) is 0.296. The van der Waals surface area contributed by atoms with Crippen LogP contribution in [-0.2, 0) is 14.1 Å². The van der Waals surface area contributed by atoms with Crippen LogP contribution in [0.15, 0.2) is 38.8 Å². The molecule has 1 aromatic heterocycles. The van der Waals surface area contributed by atoms with Gasteiger partial charge in [0, 0.05) is 14.1 Å².